The lowest BCUT2D eigenvalue weighted by Gasteiger charge is -2.17. The molecule has 4 aromatic rings. The molecular formula is C30H32N6. The standard InChI is InChI=1S/C30H32N6/c1-18(2)13-21(15-20(4)36(5)6)23-16-25(26(31)14-19(23)3)29(32)28-17-24-22(10-12-34-30(24)35-28)27-9-7-8-11-33-27/h7-17,32H,1,31H2,2-6H3,(H,34,35)/b20-15+,21-13+,32-29?. The monoisotopic (exact) mass is 476 g/mol. The molecule has 0 aliphatic rings. The lowest BCUT2D eigenvalue weighted by molar-refractivity contribution is 0.514. The molecule has 6 nitrogen and oxygen atoms in total. The molecule has 0 atom stereocenters. The quantitative estimate of drug-likeness (QED) is 0.164. The minimum atomic E-state index is 0.307. The third-order valence-corrected chi connectivity index (χ3v) is 6.19. The molecule has 4 N–H and O–H groups in total. The zero-order valence-corrected chi connectivity index (χ0v) is 21.5. The molecule has 182 valence electrons. The van der Waals surface area contributed by atoms with Crippen molar-refractivity contribution in [2.75, 3.05) is 19.8 Å². The highest BCUT2D eigenvalue weighted by atomic mass is 15.1. The van der Waals surface area contributed by atoms with E-state index in [2.05, 4.69) is 45.5 Å². The third-order valence-electron chi connectivity index (χ3n) is 6.19. The molecule has 0 amide bonds. The van der Waals surface area contributed by atoms with Gasteiger partial charge >= 0.3 is 0 Å². The summed E-state index contributed by atoms with van der Waals surface area (Å²) >= 11 is 0. The molecule has 0 radical (unpaired) electrons. The van der Waals surface area contributed by atoms with Crippen LogP contribution in [0.25, 0.3) is 27.9 Å². The number of nitrogens with zero attached hydrogens (tertiary/aromatic N) is 3. The number of aromatic nitrogens is 3. The van der Waals surface area contributed by atoms with E-state index in [4.69, 9.17) is 11.1 Å². The van der Waals surface area contributed by atoms with Crippen LogP contribution in [0.5, 0.6) is 0 Å². The normalized spacial score (nSPS) is 12.1. The average molecular weight is 477 g/mol. The number of nitrogen functional groups attached to an aromatic ring is 1. The van der Waals surface area contributed by atoms with E-state index in [-0.39, 0.29) is 0 Å². The van der Waals surface area contributed by atoms with Crippen LogP contribution in [-0.4, -0.2) is 39.7 Å². The Morgan fingerprint density at radius 1 is 1.03 bits per heavy atom. The summed E-state index contributed by atoms with van der Waals surface area (Å²) in [4.78, 5) is 14.3. The van der Waals surface area contributed by atoms with Crippen molar-refractivity contribution >= 4 is 28.0 Å². The summed E-state index contributed by atoms with van der Waals surface area (Å²) in [5.74, 6) is 0. The van der Waals surface area contributed by atoms with Gasteiger partial charge in [0.1, 0.15) is 5.65 Å². The van der Waals surface area contributed by atoms with Crippen LogP contribution in [0.3, 0.4) is 0 Å². The molecule has 0 spiro atoms. The highest BCUT2D eigenvalue weighted by Gasteiger charge is 2.17. The fourth-order valence-electron chi connectivity index (χ4n) is 4.13. The first kappa shape index (κ1) is 24.7. The summed E-state index contributed by atoms with van der Waals surface area (Å²) in [6, 6.07) is 13.7. The second kappa shape index (κ2) is 10.0. The summed E-state index contributed by atoms with van der Waals surface area (Å²) < 4.78 is 0. The maximum atomic E-state index is 9.06. The molecule has 1 aromatic carbocycles. The van der Waals surface area contributed by atoms with Crippen LogP contribution in [-0.2, 0) is 0 Å². The largest absolute Gasteiger partial charge is 0.398 e. The zero-order chi connectivity index (χ0) is 26.0. The van der Waals surface area contributed by atoms with Gasteiger partial charge in [-0.3, -0.25) is 10.4 Å². The van der Waals surface area contributed by atoms with Gasteiger partial charge < -0.3 is 15.6 Å². The molecule has 0 saturated carbocycles. The summed E-state index contributed by atoms with van der Waals surface area (Å²) in [5.41, 5.74) is 16.3. The van der Waals surface area contributed by atoms with Crippen LogP contribution in [0.4, 0.5) is 5.69 Å². The van der Waals surface area contributed by atoms with Crippen molar-refractivity contribution in [2.24, 2.45) is 0 Å². The Morgan fingerprint density at radius 3 is 2.47 bits per heavy atom. The Bertz CT molecular complexity index is 1520. The number of fused-ring (bicyclic) bond motifs is 1. The third kappa shape index (κ3) is 4.98. The van der Waals surface area contributed by atoms with Crippen LogP contribution in [0, 0.1) is 12.3 Å². The van der Waals surface area contributed by atoms with Gasteiger partial charge in [0.05, 0.1) is 17.1 Å². The summed E-state index contributed by atoms with van der Waals surface area (Å²) in [5, 5.41) is 9.97. The van der Waals surface area contributed by atoms with Gasteiger partial charge in [0.25, 0.3) is 0 Å². The fourth-order valence-corrected chi connectivity index (χ4v) is 4.13. The minimum absolute atomic E-state index is 0.307. The molecule has 0 fully saturated rings. The number of rotatable bonds is 7. The Balaban J connectivity index is 1.82. The van der Waals surface area contributed by atoms with E-state index in [1.54, 1.807) is 12.4 Å². The topological polar surface area (TPSA) is 94.7 Å². The first-order valence-corrected chi connectivity index (χ1v) is 11.8. The second-order valence-corrected chi connectivity index (χ2v) is 9.27. The van der Waals surface area contributed by atoms with Crippen molar-refractivity contribution < 1.29 is 0 Å². The lowest BCUT2D eigenvalue weighted by atomic mass is 9.92. The number of benzene rings is 1. The molecule has 0 aliphatic carbocycles. The maximum absolute atomic E-state index is 9.06. The van der Waals surface area contributed by atoms with Crippen LogP contribution < -0.4 is 5.73 Å². The fraction of sp³-hybridized carbons (Fsp3) is 0.167. The van der Waals surface area contributed by atoms with Gasteiger partial charge in [-0.25, -0.2) is 4.98 Å². The average Bonchev–Trinajstić information content (AvgIpc) is 3.28. The number of nitrogens with one attached hydrogen (secondary N) is 2. The van der Waals surface area contributed by atoms with Crippen molar-refractivity contribution in [1.29, 1.82) is 5.41 Å². The molecule has 0 unspecified atom stereocenters. The molecule has 0 bridgehead atoms. The number of pyridine rings is 2. The van der Waals surface area contributed by atoms with Crippen LogP contribution in [0.15, 0.2) is 84.9 Å². The highest BCUT2D eigenvalue weighted by Crippen LogP contribution is 2.31. The van der Waals surface area contributed by atoms with Crippen LogP contribution in [0.1, 0.15) is 36.2 Å². The van der Waals surface area contributed by atoms with E-state index >= 15 is 0 Å². The van der Waals surface area contributed by atoms with Gasteiger partial charge in [0.15, 0.2) is 0 Å². The molecule has 4 rings (SSSR count). The Hall–Kier alpha value is -4.45. The summed E-state index contributed by atoms with van der Waals surface area (Å²) in [7, 11) is 4.04. The van der Waals surface area contributed by atoms with Crippen molar-refractivity contribution in [3.63, 3.8) is 0 Å². The van der Waals surface area contributed by atoms with E-state index in [1.807, 2.05) is 70.4 Å². The van der Waals surface area contributed by atoms with Crippen molar-refractivity contribution in [2.45, 2.75) is 20.8 Å². The van der Waals surface area contributed by atoms with Crippen LogP contribution in [0.2, 0.25) is 0 Å². The van der Waals surface area contributed by atoms with Gasteiger partial charge in [0, 0.05) is 54.4 Å². The number of allylic oxidation sites excluding steroid dienone is 5. The molecule has 3 heterocycles. The molecule has 6 heteroatoms. The second-order valence-electron chi connectivity index (χ2n) is 9.27. The molecule has 36 heavy (non-hydrogen) atoms. The van der Waals surface area contributed by atoms with Crippen molar-refractivity contribution in [1.82, 2.24) is 19.9 Å². The number of anilines is 1. The minimum Gasteiger partial charge on any atom is -0.398 e. The highest BCUT2D eigenvalue weighted by molar-refractivity contribution is 6.15. The van der Waals surface area contributed by atoms with E-state index < -0.39 is 0 Å². The first-order chi connectivity index (χ1) is 17.2. The molecule has 0 saturated heterocycles. The maximum Gasteiger partial charge on any atom is 0.138 e. The van der Waals surface area contributed by atoms with Gasteiger partial charge in [-0.1, -0.05) is 24.3 Å². The molecule has 3 aromatic heterocycles. The lowest BCUT2D eigenvalue weighted by Crippen LogP contribution is -2.09. The molecular weight excluding hydrogens is 444 g/mol. The zero-order valence-electron chi connectivity index (χ0n) is 21.5. The number of H-pyrrole nitrogens is 1. The summed E-state index contributed by atoms with van der Waals surface area (Å²) in [6.07, 6.45) is 7.72. The van der Waals surface area contributed by atoms with E-state index in [1.165, 1.54) is 0 Å². The van der Waals surface area contributed by atoms with Gasteiger partial charge in [-0.15, -0.1) is 0 Å². The smallest absolute Gasteiger partial charge is 0.138 e. The SMILES string of the molecule is C=C(C)/C=C(\C=C(/C)N(C)C)c1cc(C(=N)c2cc3c(-c4ccccn4)ccnc3[nH]2)c(N)cc1C. The number of hydrogen-bond acceptors (Lipinski definition) is 5. The Kier molecular flexibility index (Phi) is 6.88. The van der Waals surface area contributed by atoms with Crippen molar-refractivity contribution in [3.05, 3.63) is 107 Å². The van der Waals surface area contributed by atoms with E-state index in [0.717, 1.165) is 44.6 Å². The Labute approximate surface area is 212 Å². The molecule has 0 aliphatic heterocycles. The Morgan fingerprint density at radius 2 is 1.81 bits per heavy atom. The van der Waals surface area contributed by atoms with Gasteiger partial charge in [-0.05, 0) is 79.9 Å². The van der Waals surface area contributed by atoms with E-state index in [0.29, 0.717) is 28.3 Å². The number of nitrogens with two attached hydrogens (primary N) is 1. The van der Waals surface area contributed by atoms with E-state index in [9.17, 15) is 0 Å². The van der Waals surface area contributed by atoms with Crippen molar-refractivity contribution in [3.8, 4) is 11.3 Å². The number of hydrogen-bond donors (Lipinski definition) is 3. The first-order valence-electron chi connectivity index (χ1n) is 11.8. The van der Waals surface area contributed by atoms with Gasteiger partial charge in [-0.2, -0.15) is 0 Å². The number of aryl methyl sites for hydroxylation is 1. The van der Waals surface area contributed by atoms with Gasteiger partial charge in [0.2, 0.25) is 0 Å². The summed E-state index contributed by atoms with van der Waals surface area (Å²) in [6.45, 7) is 10.2. The predicted molar refractivity (Wildman–Crippen MR) is 151 cm³/mol. The predicted octanol–water partition coefficient (Wildman–Crippen LogP) is 6.36. The van der Waals surface area contributed by atoms with Crippen LogP contribution >= 0.6 is 0 Å². The number of aromatic amines is 1.